The van der Waals surface area contributed by atoms with Gasteiger partial charge in [0.15, 0.2) is 5.78 Å². The van der Waals surface area contributed by atoms with E-state index in [9.17, 15) is 9.59 Å². The summed E-state index contributed by atoms with van der Waals surface area (Å²) < 4.78 is 5.70. The predicted molar refractivity (Wildman–Crippen MR) is 108 cm³/mol. The third-order valence-electron chi connectivity index (χ3n) is 4.27. The molecule has 1 atom stereocenters. The van der Waals surface area contributed by atoms with E-state index in [1.165, 1.54) is 24.4 Å². The van der Waals surface area contributed by atoms with Crippen LogP contribution in [-0.2, 0) is 10.5 Å². The first-order valence-corrected chi connectivity index (χ1v) is 10.1. The molecule has 2 aromatic rings. The van der Waals surface area contributed by atoms with Crippen molar-refractivity contribution in [2.45, 2.75) is 31.8 Å². The van der Waals surface area contributed by atoms with Crippen LogP contribution >= 0.6 is 23.5 Å². The van der Waals surface area contributed by atoms with Gasteiger partial charge in [-0.15, -0.1) is 0 Å². The highest BCUT2D eigenvalue weighted by Gasteiger charge is 2.27. The van der Waals surface area contributed by atoms with Crippen molar-refractivity contribution >= 4 is 45.3 Å². The van der Waals surface area contributed by atoms with Gasteiger partial charge in [0.2, 0.25) is 0 Å². The fraction of sp³-hybridized carbons (Fsp3) is 0.316. The maximum absolute atomic E-state index is 12.9. The number of aryl methyl sites for hydroxylation is 1. The zero-order valence-electron chi connectivity index (χ0n) is 15.1. The molecule has 0 saturated carbocycles. The molecule has 1 aliphatic heterocycles. The molecule has 3 rings (SSSR count). The lowest BCUT2D eigenvalue weighted by Gasteiger charge is -2.16. The van der Waals surface area contributed by atoms with Gasteiger partial charge in [-0.25, -0.2) is 9.79 Å². The lowest BCUT2D eigenvalue weighted by Crippen LogP contribution is -2.17. The van der Waals surface area contributed by atoms with Crippen LogP contribution in [0.25, 0.3) is 0 Å². The highest BCUT2D eigenvalue weighted by Crippen LogP contribution is 2.36. The lowest BCUT2D eigenvalue weighted by atomic mass is 10.1. The molecule has 7 heteroatoms. The molecule has 5 nitrogen and oxygen atoms in total. The summed E-state index contributed by atoms with van der Waals surface area (Å²) in [5, 5.41) is -0.311. The Hall–Kier alpha value is -1.99. The molecule has 0 saturated heterocycles. The van der Waals surface area contributed by atoms with Crippen molar-refractivity contribution in [1.82, 2.24) is 4.98 Å². The number of para-hydroxylation sites is 1. The molecule has 0 amide bonds. The van der Waals surface area contributed by atoms with Crippen LogP contribution in [-0.4, -0.2) is 33.5 Å². The van der Waals surface area contributed by atoms with E-state index in [2.05, 4.69) is 16.0 Å². The molecule has 0 fully saturated rings. The third kappa shape index (κ3) is 3.59. The standard InChI is InChI=1S/C19H20N2O3S2/c1-10-15(18(23)24-4)11(2)20-16(10)17(22)12(3)26-19-21-14-8-6-5-7-13(14)9-25-19/h5-8,12,20H,9H2,1-4H3/t12-/m0/s1. The van der Waals surface area contributed by atoms with Crippen molar-refractivity contribution < 1.29 is 14.3 Å². The molecule has 0 radical (unpaired) electrons. The van der Waals surface area contributed by atoms with E-state index in [4.69, 9.17) is 4.74 Å². The summed E-state index contributed by atoms with van der Waals surface area (Å²) in [5.41, 5.74) is 4.35. The van der Waals surface area contributed by atoms with Crippen molar-refractivity contribution in [2.75, 3.05) is 7.11 Å². The Bertz CT molecular complexity index is 902. The quantitative estimate of drug-likeness (QED) is 0.609. The summed E-state index contributed by atoms with van der Waals surface area (Å²) in [6.07, 6.45) is 0. The smallest absolute Gasteiger partial charge is 0.339 e. The van der Waals surface area contributed by atoms with Gasteiger partial charge in [-0.1, -0.05) is 41.7 Å². The molecule has 1 N–H and O–H groups in total. The number of thioether (sulfide) groups is 2. The Morgan fingerprint density at radius 3 is 2.77 bits per heavy atom. The SMILES string of the molecule is COC(=O)c1c(C)[nH]c(C(=O)[C@H](C)SC2=Nc3ccccc3CS2)c1C. The van der Waals surface area contributed by atoms with E-state index in [0.29, 0.717) is 22.5 Å². The molecular formula is C19H20N2O3S2. The van der Waals surface area contributed by atoms with Crippen LogP contribution in [0.4, 0.5) is 5.69 Å². The summed E-state index contributed by atoms with van der Waals surface area (Å²) in [4.78, 5) is 32.5. The third-order valence-corrected chi connectivity index (χ3v) is 6.57. The minimum Gasteiger partial charge on any atom is -0.465 e. The number of aromatic nitrogens is 1. The number of nitrogens with one attached hydrogen (secondary N) is 1. The topological polar surface area (TPSA) is 71.5 Å². The van der Waals surface area contributed by atoms with Crippen molar-refractivity contribution in [3.8, 4) is 0 Å². The second-order valence-corrected chi connectivity index (χ2v) is 8.59. The first kappa shape index (κ1) is 18.8. The molecule has 2 heterocycles. The van der Waals surface area contributed by atoms with Gasteiger partial charge in [-0.2, -0.15) is 0 Å². The Kier molecular flexibility index (Phi) is 5.58. The number of carbonyl (C=O) groups excluding carboxylic acids is 2. The highest BCUT2D eigenvalue weighted by molar-refractivity contribution is 8.39. The average molecular weight is 389 g/mol. The van der Waals surface area contributed by atoms with Gasteiger partial charge in [0, 0.05) is 11.4 Å². The molecule has 1 aliphatic rings. The number of rotatable bonds is 4. The minimum absolute atomic E-state index is 0.0482. The Balaban J connectivity index is 1.79. The number of hydrogen-bond acceptors (Lipinski definition) is 6. The number of H-pyrrole nitrogens is 1. The number of carbonyl (C=O) groups is 2. The van der Waals surface area contributed by atoms with Crippen LogP contribution in [0.15, 0.2) is 29.3 Å². The van der Waals surface area contributed by atoms with Crippen molar-refractivity contribution in [1.29, 1.82) is 0 Å². The van der Waals surface area contributed by atoms with Crippen LogP contribution in [0.5, 0.6) is 0 Å². The van der Waals surface area contributed by atoms with E-state index >= 15 is 0 Å². The Morgan fingerprint density at radius 2 is 2.04 bits per heavy atom. The Morgan fingerprint density at radius 1 is 1.31 bits per heavy atom. The van der Waals surface area contributed by atoms with Crippen LogP contribution in [0.3, 0.4) is 0 Å². The molecule has 1 aromatic heterocycles. The van der Waals surface area contributed by atoms with E-state index < -0.39 is 5.97 Å². The number of aliphatic imine (C=N–C) groups is 1. The number of fused-ring (bicyclic) bond motifs is 1. The number of esters is 1. The van der Waals surface area contributed by atoms with Crippen LogP contribution < -0.4 is 0 Å². The van der Waals surface area contributed by atoms with Crippen molar-refractivity contribution in [3.63, 3.8) is 0 Å². The minimum atomic E-state index is -0.431. The largest absolute Gasteiger partial charge is 0.465 e. The average Bonchev–Trinajstić information content (AvgIpc) is 2.94. The molecule has 0 aliphatic carbocycles. The van der Waals surface area contributed by atoms with E-state index in [-0.39, 0.29) is 11.0 Å². The summed E-state index contributed by atoms with van der Waals surface area (Å²) >= 11 is 3.10. The van der Waals surface area contributed by atoms with Gasteiger partial charge in [0.25, 0.3) is 0 Å². The van der Waals surface area contributed by atoms with Crippen LogP contribution in [0.2, 0.25) is 0 Å². The number of aromatic amines is 1. The van der Waals surface area contributed by atoms with E-state index in [1.54, 1.807) is 25.6 Å². The van der Waals surface area contributed by atoms with Crippen LogP contribution in [0, 0.1) is 13.8 Å². The van der Waals surface area contributed by atoms with Gasteiger partial charge in [0.05, 0.1) is 29.3 Å². The first-order valence-electron chi connectivity index (χ1n) is 8.20. The molecule has 136 valence electrons. The first-order chi connectivity index (χ1) is 12.4. The summed E-state index contributed by atoms with van der Waals surface area (Å²) in [5.74, 6) is 0.378. The molecule has 0 spiro atoms. The zero-order valence-corrected chi connectivity index (χ0v) is 16.7. The molecule has 1 aromatic carbocycles. The highest BCUT2D eigenvalue weighted by atomic mass is 32.2. The van der Waals surface area contributed by atoms with Crippen molar-refractivity contribution in [2.24, 2.45) is 4.99 Å². The van der Waals surface area contributed by atoms with Crippen LogP contribution in [0.1, 0.15) is 44.6 Å². The number of nitrogens with zero attached hydrogens (tertiary/aromatic N) is 1. The maximum atomic E-state index is 12.9. The molecule has 26 heavy (non-hydrogen) atoms. The molecule has 0 bridgehead atoms. The van der Waals surface area contributed by atoms with Gasteiger partial charge >= 0.3 is 5.97 Å². The van der Waals surface area contributed by atoms with Gasteiger partial charge in [-0.05, 0) is 38.0 Å². The number of benzene rings is 1. The number of hydrogen-bond donors (Lipinski definition) is 1. The van der Waals surface area contributed by atoms with Gasteiger partial charge < -0.3 is 9.72 Å². The fourth-order valence-electron chi connectivity index (χ4n) is 2.89. The number of ketones is 1. The molecular weight excluding hydrogens is 368 g/mol. The second kappa shape index (κ2) is 7.72. The summed E-state index contributed by atoms with van der Waals surface area (Å²) in [7, 11) is 1.34. The lowest BCUT2D eigenvalue weighted by molar-refractivity contribution is 0.0599. The normalized spacial score (nSPS) is 14.4. The predicted octanol–water partition coefficient (Wildman–Crippen LogP) is 4.66. The molecule has 0 unspecified atom stereocenters. The number of Topliss-reactive ketones (excluding diaryl/α,β-unsaturated/α-hetero) is 1. The number of methoxy groups -OCH3 is 1. The van der Waals surface area contributed by atoms with E-state index in [0.717, 1.165) is 15.8 Å². The van der Waals surface area contributed by atoms with E-state index in [1.807, 2.05) is 25.1 Å². The summed E-state index contributed by atoms with van der Waals surface area (Å²) in [6, 6.07) is 8.04. The van der Waals surface area contributed by atoms with Gasteiger partial charge in [0.1, 0.15) is 4.38 Å². The summed E-state index contributed by atoms with van der Waals surface area (Å²) in [6.45, 7) is 5.40. The number of ether oxygens (including phenoxy) is 1. The Labute approximate surface area is 161 Å². The fourth-order valence-corrected chi connectivity index (χ4v) is 5.13. The van der Waals surface area contributed by atoms with Crippen molar-refractivity contribution in [3.05, 3.63) is 52.3 Å². The second-order valence-electron chi connectivity index (χ2n) is 6.04. The van der Waals surface area contributed by atoms with Gasteiger partial charge in [-0.3, -0.25) is 4.79 Å². The zero-order chi connectivity index (χ0) is 18.8. The monoisotopic (exact) mass is 388 g/mol. The maximum Gasteiger partial charge on any atom is 0.339 e.